The summed E-state index contributed by atoms with van der Waals surface area (Å²) in [5.74, 6) is -0.334. The molecule has 0 unspecified atom stereocenters. The zero-order valence-electron chi connectivity index (χ0n) is 15.5. The molecule has 6 nitrogen and oxygen atoms in total. The number of halogens is 1. The molecule has 0 spiro atoms. The van der Waals surface area contributed by atoms with E-state index in [-0.39, 0.29) is 17.4 Å². The lowest BCUT2D eigenvalue weighted by Crippen LogP contribution is -2.32. The highest BCUT2D eigenvalue weighted by atomic mass is 35.5. The molecule has 0 saturated heterocycles. The molecular weight excluding hydrogens is 368 g/mol. The minimum atomic E-state index is -0.497. The fraction of sp³-hybridized carbons (Fsp3) is 0.300. The van der Waals surface area contributed by atoms with Gasteiger partial charge in [0.25, 0.3) is 11.6 Å². The molecule has 1 amide bonds. The van der Waals surface area contributed by atoms with E-state index >= 15 is 0 Å². The molecule has 1 aliphatic heterocycles. The first kappa shape index (κ1) is 20.6. The van der Waals surface area contributed by atoms with E-state index in [0.29, 0.717) is 46.8 Å². The Labute approximate surface area is 162 Å². The van der Waals surface area contributed by atoms with E-state index in [0.717, 1.165) is 0 Å². The molecule has 0 saturated carbocycles. The third-order valence-corrected chi connectivity index (χ3v) is 4.47. The number of nitro benzene ring substituents is 1. The summed E-state index contributed by atoms with van der Waals surface area (Å²) in [4.78, 5) is 37.2. The van der Waals surface area contributed by atoms with Gasteiger partial charge >= 0.3 is 0 Å². The second-order valence-electron chi connectivity index (χ2n) is 5.90. The van der Waals surface area contributed by atoms with Gasteiger partial charge in [0, 0.05) is 41.2 Å². The van der Waals surface area contributed by atoms with E-state index in [1.807, 2.05) is 13.8 Å². The van der Waals surface area contributed by atoms with Crippen molar-refractivity contribution in [2.24, 2.45) is 0 Å². The Morgan fingerprint density at radius 2 is 1.89 bits per heavy atom. The predicted molar refractivity (Wildman–Crippen MR) is 106 cm³/mol. The zero-order chi connectivity index (χ0) is 20.1. The fourth-order valence-electron chi connectivity index (χ4n) is 2.98. The van der Waals surface area contributed by atoms with Gasteiger partial charge in [0.1, 0.15) is 0 Å². The van der Waals surface area contributed by atoms with E-state index < -0.39 is 4.92 Å². The van der Waals surface area contributed by atoms with E-state index in [4.69, 9.17) is 11.6 Å². The van der Waals surface area contributed by atoms with Crippen LogP contribution in [0.2, 0.25) is 5.02 Å². The summed E-state index contributed by atoms with van der Waals surface area (Å²) in [5, 5.41) is 11.3. The van der Waals surface area contributed by atoms with Crippen LogP contribution in [0.25, 0.3) is 0 Å². The van der Waals surface area contributed by atoms with Gasteiger partial charge in [-0.25, -0.2) is 0 Å². The number of carbonyl (C=O) groups excluding carboxylic acids is 2. The summed E-state index contributed by atoms with van der Waals surface area (Å²) < 4.78 is 0. The summed E-state index contributed by atoms with van der Waals surface area (Å²) in [6.07, 6.45) is 0.888. The molecule has 0 aromatic heterocycles. The third kappa shape index (κ3) is 4.34. The first-order valence-corrected chi connectivity index (χ1v) is 9.16. The summed E-state index contributed by atoms with van der Waals surface area (Å²) in [6.45, 7) is 6.06. The molecular formula is C20H21ClN2O4. The molecule has 3 rings (SSSR count). The number of anilines is 1. The Morgan fingerprint density at radius 3 is 2.52 bits per heavy atom. The van der Waals surface area contributed by atoms with Crippen LogP contribution in [0.3, 0.4) is 0 Å². The maximum absolute atomic E-state index is 13.0. The average Bonchev–Trinajstić information content (AvgIpc) is 2.81. The Morgan fingerprint density at radius 1 is 1.19 bits per heavy atom. The van der Waals surface area contributed by atoms with Crippen molar-refractivity contribution in [2.75, 3.05) is 11.4 Å². The van der Waals surface area contributed by atoms with Gasteiger partial charge in [-0.15, -0.1) is 0 Å². The number of nitrogens with zero attached hydrogens (tertiary/aromatic N) is 2. The summed E-state index contributed by atoms with van der Waals surface area (Å²) in [7, 11) is 0. The molecule has 2 aromatic carbocycles. The number of hydrogen-bond donors (Lipinski definition) is 0. The topological polar surface area (TPSA) is 80.5 Å². The number of benzene rings is 2. The SMILES string of the molecule is CC.Cc1cc([N+](=O)[O-])ccc1C(=O)N1CCCC(=O)c2cc(Cl)ccc21. The number of amides is 1. The molecule has 0 radical (unpaired) electrons. The van der Waals surface area contributed by atoms with Crippen LogP contribution in [0.15, 0.2) is 36.4 Å². The highest BCUT2D eigenvalue weighted by molar-refractivity contribution is 6.31. The smallest absolute Gasteiger partial charge is 0.269 e. The van der Waals surface area contributed by atoms with Gasteiger partial charge < -0.3 is 4.90 Å². The quantitative estimate of drug-likeness (QED) is 0.522. The monoisotopic (exact) mass is 388 g/mol. The Balaban J connectivity index is 0.00000126. The molecule has 0 fully saturated rings. The van der Waals surface area contributed by atoms with Crippen molar-refractivity contribution in [1.29, 1.82) is 0 Å². The summed E-state index contributed by atoms with van der Waals surface area (Å²) in [6, 6.07) is 9.03. The predicted octanol–water partition coefficient (Wildman–Crippen LogP) is 5.21. The third-order valence-electron chi connectivity index (χ3n) is 4.23. The molecule has 1 aliphatic rings. The van der Waals surface area contributed by atoms with Gasteiger partial charge in [-0.2, -0.15) is 0 Å². The Bertz CT molecular complexity index is 896. The Kier molecular flexibility index (Phi) is 6.69. The van der Waals surface area contributed by atoms with E-state index in [1.54, 1.807) is 30.0 Å². The van der Waals surface area contributed by atoms with Gasteiger partial charge in [0.2, 0.25) is 0 Å². The number of ketones is 1. The van der Waals surface area contributed by atoms with Crippen LogP contribution < -0.4 is 4.90 Å². The second kappa shape index (κ2) is 8.77. The highest BCUT2D eigenvalue weighted by Gasteiger charge is 2.27. The highest BCUT2D eigenvalue weighted by Crippen LogP contribution is 2.31. The van der Waals surface area contributed by atoms with E-state index in [1.165, 1.54) is 18.2 Å². The number of hydrogen-bond acceptors (Lipinski definition) is 4. The Hall–Kier alpha value is -2.73. The van der Waals surface area contributed by atoms with Crippen LogP contribution in [0.1, 0.15) is 53.0 Å². The van der Waals surface area contributed by atoms with Crippen molar-refractivity contribution in [2.45, 2.75) is 33.6 Å². The summed E-state index contributed by atoms with van der Waals surface area (Å²) in [5.41, 5.74) is 1.78. The van der Waals surface area contributed by atoms with Crippen molar-refractivity contribution in [1.82, 2.24) is 0 Å². The second-order valence-corrected chi connectivity index (χ2v) is 6.34. The first-order valence-electron chi connectivity index (χ1n) is 8.78. The van der Waals surface area contributed by atoms with Crippen molar-refractivity contribution < 1.29 is 14.5 Å². The first-order chi connectivity index (χ1) is 12.9. The lowest BCUT2D eigenvalue weighted by atomic mass is 10.0. The fourth-order valence-corrected chi connectivity index (χ4v) is 3.15. The number of aryl methyl sites for hydroxylation is 1. The standard InChI is InChI=1S/C18H15ClN2O4.C2H6/c1-11-9-13(21(24)25)5-6-14(11)18(23)20-8-2-3-17(22)15-10-12(19)4-7-16(15)20;1-2/h4-7,9-10H,2-3,8H2,1H3;1-2H3. The largest absolute Gasteiger partial charge is 0.308 e. The minimum Gasteiger partial charge on any atom is -0.308 e. The maximum atomic E-state index is 13.0. The van der Waals surface area contributed by atoms with Crippen molar-refractivity contribution in [3.63, 3.8) is 0 Å². The number of rotatable bonds is 2. The average molecular weight is 389 g/mol. The van der Waals surface area contributed by atoms with Crippen LogP contribution in [0.4, 0.5) is 11.4 Å². The molecule has 7 heteroatoms. The number of nitro groups is 1. The van der Waals surface area contributed by atoms with Gasteiger partial charge in [-0.1, -0.05) is 25.4 Å². The number of Topliss-reactive ketones (excluding diaryl/α,β-unsaturated/α-hetero) is 1. The summed E-state index contributed by atoms with van der Waals surface area (Å²) >= 11 is 5.99. The maximum Gasteiger partial charge on any atom is 0.269 e. The van der Waals surface area contributed by atoms with Gasteiger partial charge in [0.05, 0.1) is 10.6 Å². The molecule has 0 N–H and O–H groups in total. The van der Waals surface area contributed by atoms with Gasteiger partial charge in [0.15, 0.2) is 5.78 Å². The molecule has 142 valence electrons. The van der Waals surface area contributed by atoms with Gasteiger partial charge in [-0.3, -0.25) is 19.7 Å². The molecule has 2 aromatic rings. The van der Waals surface area contributed by atoms with Crippen LogP contribution in [0, 0.1) is 17.0 Å². The molecule has 27 heavy (non-hydrogen) atoms. The van der Waals surface area contributed by atoms with Crippen LogP contribution >= 0.6 is 11.6 Å². The van der Waals surface area contributed by atoms with Gasteiger partial charge in [-0.05, 0) is 43.2 Å². The lowest BCUT2D eigenvalue weighted by Gasteiger charge is -2.23. The molecule has 0 aliphatic carbocycles. The molecule has 0 bridgehead atoms. The number of carbonyl (C=O) groups is 2. The van der Waals surface area contributed by atoms with Crippen molar-refractivity contribution >= 4 is 34.7 Å². The van der Waals surface area contributed by atoms with E-state index in [9.17, 15) is 19.7 Å². The van der Waals surface area contributed by atoms with Crippen LogP contribution in [-0.4, -0.2) is 23.2 Å². The van der Waals surface area contributed by atoms with Crippen LogP contribution in [-0.2, 0) is 0 Å². The van der Waals surface area contributed by atoms with E-state index in [2.05, 4.69) is 0 Å². The lowest BCUT2D eigenvalue weighted by molar-refractivity contribution is -0.384. The normalized spacial score (nSPS) is 13.2. The van der Waals surface area contributed by atoms with Crippen LogP contribution in [0.5, 0.6) is 0 Å². The molecule has 1 heterocycles. The molecule has 0 atom stereocenters. The number of fused-ring (bicyclic) bond motifs is 1. The minimum absolute atomic E-state index is 0.0479. The van der Waals surface area contributed by atoms with Crippen molar-refractivity contribution in [3.05, 3.63) is 68.2 Å². The number of non-ortho nitro benzene ring substituents is 1. The zero-order valence-corrected chi connectivity index (χ0v) is 16.2. The van der Waals surface area contributed by atoms with Crippen molar-refractivity contribution in [3.8, 4) is 0 Å².